The molecule has 0 saturated carbocycles. The molecule has 3 heteroatoms. The van der Waals surface area contributed by atoms with Crippen LogP contribution in [0.3, 0.4) is 0 Å². The van der Waals surface area contributed by atoms with E-state index in [9.17, 15) is 9.50 Å². The minimum absolute atomic E-state index is 0.287. The molecular weight excluding hydrogens is 253 g/mol. The Hall–Kier alpha value is -0.930. The second kappa shape index (κ2) is 9.09. The van der Waals surface area contributed by atoms with Crippen molar-refractivity contribution in [3.05, 3.63) is 35.6 Å². The van der Waals surface area contributed by atoms with Crippen molar-refractivity contribution in [2.24, 2.45) is 0 Å². The predicted molar refractivity (Wildman–Crippen MR) is 82.2 cm³/mol. The van der Waals surface area contributed by atoms with E-state index in [1.807, 2.05) is 0 Å². The number of benzene rings is 1. The molecule has 1 aromatic rings. The minimum atomic E-state index is -0.585. The van der Waals surface area contributed by atoms with Gasteiger partial charge in [0.25, 0.3) is 0 Å². The summed E-state index contributed by atoms with van der Waals surface area (Å²) in [5.41, 5.74) is 0.669. The van der Waals surface area contributed by atoms with Crippen LogP contribution in [0.2, 0.25) is 0 Å². The van der Waals surface area contributed by atoms with E-state index >= 15 is 0 Å². The normalized spacial score (nSPS) is 13.2. The van der Waals surface area contributed by atoms with Gasteiger partial charge < -0.3 is 10.0 Å². The first-order chi connectivity index (χ1) is 9.54. The summed E-state index contributed by atoms with van der Waals surface area (Å²) >= 11 is 0. The van der Waals surface area contributed by atoms with Gasteiger partial charge >= 0.3 is 0 Å². The highest BCUT2D eigenvalue weighted by Crippen LogP contribution is 2.18. The minimum Gasteiger partial charge on any atom is -0.388 e. The third-order valence-electron chi connectivity index (χ3n) is 3.70. The average molecular weight is 281 g/mol. The van der Waals surface area contributed by atoms with Crippen LogP contribution >= 0.6 is 0 Å². The predicted octanol–water partition coefficient (Wildman–Crippen LogP) is 4.15. The van der Waals surface area contributed by atoms with E-state index < -0.39 is 6.10 Å². The molecular formula is C17H28FNO. The highest BCUT2D eigenvalue weighted by Gasteiger charge is 2.13. The zero-order chi connectivity index (χ0) is 15.0. The number of unbranched alkanes of at least 4 members (excludes halogenated alkanes) is 2. The van der Waals surface area contributed by atoms with E-state index in [4.69, 9.17) is 0 Å². The SMILES string of the molecule is CCCCCN(CCC(O)c1cccc(F)c1)C(C)C. The van der Waals surface area contributed by atoms with Gasteiger partial charge in [-0.25, -0.2) is 4.39 Å². The smallest absolute Gasteiger partial charge is 0.123 e. The molecule has 0 bridgehead atoms. The lowest BCUT2D eigenvalue weighted by atomic mass is 10.1. The van der Waals surface area contributed by atoms with Crippen molar-refractivity contribution in [1.82, 2.24) is 4.90 Å². The molecule has 1 rings (SSSR count). The first-order valence-corrected chi connectivity index (χ1v) is 7.72. The fraction of sp³-hybridized carbons (Fsp3) is 0.647. The summed E-state index contributed by atoms with van der Waals surface area (Å²) < 4.78 is 13.1. The van der Waals surface area contributed by atoms with Gasteiger partial charge in [0.1, 0.15) is 5.82 Å². The number of hydrogen-bond acceptors (Lipinski definition) is 2. The Morgan fingerprint density at radius 2 is 1.95 bits per heavy atom. The van der Waals surface area contributed by atoms with Gasteiger partial charge in [0.05, 0.1) is 6.10 Å². The highest BCUT2D eigenvalue weighted by atomic mass is 19.1. The van der Waals surface area contributed by atoms with Crippen LogP contribution in [0, 0.1) is 5.82 Å². The molecule has 0 aliphatic rings. The summed E-state index contributed by atoms with van der Waals surface area (Å²) in [7, 11) is 0. The van der Waals surface area contributed by atoms with Crippen molar-refractivity contribution in [3.8, 4) is 0 Å². The molecule has 0 saturated heterocycles. The van der Waals surface area contributed by atoms with Crippen LogP contribution in [-0.4, -0.2) is 29.1 Å². The maximum absolute atomic E-state index is 13.1. The zero-order valence-electron chi connectivity index (χ0n) is 13.0. The van der Waals surface area contributed by atoms with E-state index in [0.29, 0.717) is 18.0 Å². The fourth-order valence-electron chi connectivity index (χ4n) is 2.36. The molecule has 20 heavy (non-hydrogen) atoms. The molecule has 0 amide bonds. The molecule has 1 N–H and O–H groups in total. The monoisotopic (exact) mass is 281 g/mol. The molecule has 0 spiro atoms. The van der Waals surface area contributed by atoms with Crippen molar-refractivity contribution in [1.29, 1.82) is 0 Å². The summed E-state index contributed by atoms with van der Waals surface area (Å²) in [5, 5.41) is 10.2. The maximum Gasteiger partial charge on any atom is 0.123 e. The average Bonchev–Trinajstić information content (AvgIpc) is 2.42. The molecule has 1 atom stereocenters. The molecule has 0 fully saturated rings. The molecule has 114 valence electrons. The van der Waals surface area contributed by atoms with Crippen LogP contribution in [0.25, 0.3) is 0 Å². The molecule has 2 nitrogen and oxygen atoms in total. The van der Waals surface area contributed by atoms with E-state index in [1.54, 1.807) is 12.1 Å². The van der Waals surface area contributed by atoms with Crippen LogP contribution in [0.1, 0.15) is 58.1 Å². The van der Waals surface area contributed by atoms with E-state index in [0.717, 1.165) is 13.1 Å². The molecule has 1 unspecified atom stereocenters. The van der Waals surface area contributed by atoms with Gasteiger partial charge in [0, 0.05) is 12.6 Å². The first kappa shape index (κ1) is 17.1. The topological polar surface area (TPSA) is 23.5 Å². The Balaban J connectivity index is 2.45. The number of aliphatic hydroxyl groups is 1. The number of rotatable bonds is 9. The van der Waals surface area contributed by atoms with Gasteiger partial charge in [-0.1, -0.05) is 31.9 Å². The third-order valence-corrected chi connectivity index (χ3v) is 3.70. The summed E-state index contributed by atoms with van der Waals surface area (Å²) in [5.74, 6) is -0.287. The molecule has 0 aliphatic carbocycles. The third kappa shape index (κ3) is 6.02. The summed E-state index contributed by atoms with van der Waals surface area (Å²) in [6.07, 6.45) is 3.73. The Labute approximate surface area is 122 Å². The van der Waals surface area contributed by atoms with Gasteiger partial charge in [-0.2, -0.15) is 0 Å². The molecule has 1 aromatic carbocycles. The fourth-order valence-corrected chi connectivity index (χ4v) is 2.36. The number of nitrogens with zero attached hydrogens (tertiary/aromatic N) is 1. The Morgan fingerprint density at radius 1 is 1.20 bits per heavy atom. The van der Waals surface area contributed by atoms with Crippen molar-refractivity contribution in [3.63, 3.8) is 0 Å². The molecule has 0 aliphatic heterocycles. The van der Waals surface area contributed by atoms with Crippen molar-refractivity contribution in [2.45, 2.75) is 58.6 Å². The van der Waals surface area contributed by atoms with Crippen molar-refractivity contribution >= 4 is 0 Å². The number of halogens is 1. The summed E-state index contributed by atoms with van der Waals surface area (Å²) in [6.45, 7) is 8.48. The van der Waals surface area contributed by atoms with Crippen LogP contribution in [-0.2, 0) is 0 Å². The molecule has 0 radical (unpaired) electrons. The maximum atomic E-state index is 13.1. The lowest BCUT2D eigenvalue weighted by molar-refractivity contribution is 0.129. The van der Waals surface area contributed by atoms with E-state index in [-0.39, 0.29) is 5.82 Å². The van der Waals surface area contributed by atoms with Gasteiger partial charge in [0.15, 0.2) is 0 Å². The Morgan fingerprint density at radius 3 is 2.55 bits per heavy atom. The van der Waals surface area contributed by atoms with Gasteiger partial charge in [-0.3, -0.25) is 0 Å². The zero-order valence-corrected chi connectivity index (χ0v) is 13.0. The quantitative estimate of drug-likeness (QED) is 0.687. The van der Waals surface area contributed by atoms with Crippen LogP contribution < -0.4 is 0 Å². The number of hydrogen-bond donors (Lipinski definition) is 1. The van der Waals surface area contributed by atoms with Gasteiger partial charge in [0.2, 0.25) is 0 Å². The number of aliphatic hydroxyl groups excluding tert-OH is 1. The van der Waals surface area contributed by atoms with Crippen LogP contribution in [0.5, 0.6) is 0 Å². The molecule has 0 aromatic heterocycles. The second-order valence-electron chi connectivity index (χ2n) is 5.70. The van der Waals surface area contributed by atoms with Crippen LogP contribution in [0.15, 0.2) is 24.3 Å². The largest absolute Gasteiger partial charge is 0.388 e. The van der Waals surface area contributed by atoms with Gasteiger partial charge in [-0.05, 0) is 50.9 Å². The highest BCUT2D eigenvalue weighted by molar-refractivity contribution is 5.18. The lowest BCUT2D eigenvalue weighted by Crippen LogP contribution is -2.33. The van der Waals surface area contributed by atoms with E-state index in [1.165, 1.54) is 31.4 Å². The van der Waals surface area contributed by atoms with Crippen LogP contribution in [0.4, 0.5) is 4.39 Å². The second-order valence-corrected chi connectivity index (χ2v) is 5.70. The van der Waals surface area contributed by atoms with Crippen molar-refractivity contribution < 1.29 is 9.50 Å². The molecule has 0 heterocycles. The standard InChI is InChI=1S/C17H28FNO/c1-4-5-6-11-19(14(2)3)12-10-17(20)15-8-7-9-16(18)13-15/h7-9,13-14,17,20H,4-6,10-12H2,1-3H3. The van der Waals surface area contributed by atoms with Gasteiger partial charge in [-0.15, -0.1) is 0 Å². The Bertz CT molecular complexity index is 381. The Kier molecular flexibility index (Phi) is 7.78. The van der Waals surface area contributed by atoms with E-state index in [2.05, 4.69) is 25.7 Å². The first-order valence-electron chi connectivity index (χ1n) is 7.72. The summed E-state index contributed by atoms with van der Waals surface area (Å²) in [4.78, 5) is 2.39. The summed E-state index contributed by atoms with van der Waals surface area (Å²) in [6, 6.07) is 6.73. The lowest BCUT2D eigenvalue weighted by Gasteiger charge is -2.27. The van der Waals surface area contributed by atoms with Crippen molar-refractivity contribution in [2.75, 3.05) is 13.1 Å².